The minimum Gasteiger partial charge on any atom is -0.355 e. The molecule has 270 valence electrons. The predicted molar refractivity (Wildman–Crippen MR) is 189 cm³/mol. The predicted octanol–water partition coefficient (Wildman–Crippen LogP) is 11.5. The first kappa shape index (κ1) is 44.4. The number of anilines is 1. The van der Waals surface area contributed by atoms with Gasteiger partial charge in [-0.15, -0.1) is 0 Å². The first-order valence-corrected chi connectivity index (χ1v) is 16.9. The lowest BCUT2D eigenvalue weighted by atomic mass is 10.0. The van der Waals surface area contributed by atoms with Crippen LogP contribution in [0.15, 0.2) is 42.4 Å². The number of carbonyl (C=O) groups is 1. The van der Waals surface area contributed by atoms with Gasteiger partial charge in [0.1, 0.15) is 17.7 Å². The monoisotopic (exact) mass is 681 g/mol. The molecule has 2 aromatic heterocycles. The maximum absolute atomic E-state index is 13.7. The van der Waals surface area contributed by atoms with Crippen LogP contribution in [0, 0.1) is 6.92 Å². The molecule has 1 aliphatic heterocycles. The highest BCUT2D eigenvalue weighted by molar-refractivity contribution is 5.65. The van der Waals surface area contributed by atoms with Crippen molar-refractivity contribution in [1.29, 1.82) is 0 Å². The highest BCUT2D eigenvalue weighted by Gasteiger charge is 2.38. The van der Waals surface area contributed by atoms with Gasteiger partial charge in [-0.05, 0) is 56.9 Å². The van der Waals surface area contributed by atoms with Crippen molar-refractivity contribution in [3.05, 3.63) is 64.6 Å². The second-order valence-electron chi connectivity index (χ2n) is 11.4. The third-order valence-electron chi connectivity index (χ3n) is 7.16. The molecule has 0 saturated carbocycles. The topological polar surface area (TPSA) is 74.8 Å². The number of alkyl halides is 5. The largest absolute Gasteiger partial charge is 0.421 e. The molecule has 1 aliphatic rings. The van der Waals surface area contributed by atoms with E-state index < -0.39 is 17.7 Å². The minimum atomic E-state index is -4.52. The Bertz CT molecular complexity index is 1330. The van der Waals surface area contributed by atoms with Crippen molar-refractivity contribution < 1.29 is 26.7 Å². The van der Waals surface area contributed by atoms with Crippen molar-refractivity contribution in [2.75, 3.05) is 18.0 Å². The van der Waals surface area contributed by atoms with Gasteiger partial charge in [-0.1, -0.05) is 84.6 Å². The number of nitrogens with one attached hydrogen (secondary N) is 1. The van der Waals surface area contributed by atoms with E-state index in [4.69, 9.17) is 4.79 Å². The zero-order valence-electron chi connectivity index (χ0n) is 30.4. The quantitative estimate of drug-likeness (QED) is 0.189. The Hall–Kier alpha value is -3.63. The number of unbranched alkanes of at least 4 members (excludes halogenated alkanes) is 1. The molecule has 4 rings (SSSR count). The number of aryl methyl sites for hydroxylation is 1. The molecule has 0 spiro atoms. The van der Waals surface area contributed by atoms with Crippen LogP contribution in [0.2, 0.25) is 0 Å². The van der Waals surface area contributed by atoms with E-state index >= 15 is 0 Å². The van der Waals surface area contributed by atoms with Crippen molar-refractivity contribution in [2.45, 2.75) is 126 Å². The van der Waals surface area contributed by atoms with Crippen LogP contribution in [0.1, 0.15) is 129 Å². The summed E-state index contributed by atoms with van der Waals surface area (Å²) in [5.74, 6) is -2.06. The summed E-state index contributed by atoms with van der Waals surface area (Å²) in [6, 6.07) is 5.72. The Kier molecular flexibility index (Phi) is 21.1. The van der Waals surface area contributed by atoms with E-state index in [0.717, 1.165) is 35.6 Å². The van der Waals surface area contributed by atoms with Gasteiger partial charge in [0.2, 0.25) is 5.92 Å². The van der Waals surface area contributed by atoms with Crippen molar-refractivity contribution in [2.24, 2.45) is 0 Å². The van der Waals surface area contributed by atoms with Gasteiger partial charge in [0, 0.05) is 49.8 Å². The molecular weight excluding hydrogens is 625 g/mol. The second-order valence-corrected chi connectivity index (χ2v) is 11.4. The van der Waals surface area contributed by atoms with Gasteiger partial charge in [-0.2, -0.15) is 18.3 Å². The van der Waals surface area contributed by atoms with Crippen molar-refractivity contribution in [1.82, 2.24) is 20.2 Å². The standard InChI is InChI=1S/C23H24F3N5.C6H12F2.C4H10.C2H4O.C2H6/c1-14(2)8-16-4-5-17(9-15(16)3)21-27-12-20(23(24,25)26)22(30-21)31-7-6-18(13-31)19-10-28-29-11-19;1-3-5-6(7,8)4-2;1-3-4-2;1-2-3;1-2/h4-5,8-12,18H,6-7,13H2,1-3H3,(H,28,29);3-5H2,1-2H3;3-4H2,1-2H3;2H,1H3;1-2H3. The average Bonchev–Trinajstić information content (AvgIpc) is 3.76. The number of rotatable bonds is 8. The van der Waals surface area contributed by atoms with E-state index in [1.54, 1.807) is 24.2 Å². The second kappa shape index (κ2) is 22.9. The zero-order chi connectivity index (χ0) is 36.9. The third-order valence-corrected chi connectivity index (χ3v) is 7.16. The van der Waals surface area contributed by atoms with Gasteiger partial charge in [-0.3, -0.25) is 5.10 Å². The highest BCUT2D eigenvalue weighted by atomic mass is 19.4. The number of carbonyl (C=O) groups excluding carboxylic acids is 1. The van der Waals surface area contributed by atoms with Crippen molar-refractivity contribution >= 4 is 18.2 Å². The molecule has 0 amide bonds. The van der Waals surface area contributed by atoms with Gasteiger partial charge >= 0.3 is 6.18 Å². The van der Waals surface area contributed by atoms with Gasteiger partial charge < -0.3 is 9.69 Å². The Balaban J connectivity index is 0.00000109. The maximum atomic E-state index is 13.7. The molecule has 1 N–H and O–H groups in total. The molecule has 48 heavy (non-hydrogen) atoms. The minimum absolute atomic E-state index is 0.0269. The van der Waals surface area contributed by atoms with Crippen molar-refractivity contribution in [3.8, 4) is 11.4 Å². The van der Waals surface area contributed by atoms with E-state index in [0.29, 0.717) is 30.9 Å². The summed E-state index contributed by atoms with van der Waals surface area (Å²) in [6.45, 7) is 20.0. The fraction of sp³-hybridized carbons (Fsp3) is 0.568. The molecule has 11 heteroatoms. The van der Waals surface area contributed by atoms with Crippen LogP contribution < -0.4 is 4.90 Å². The molecule has 3 aromatic rings. The van der Waals surface area contributed by atoms with E-state index in [1.807, 2.05) is 52.8 Å². The lowest BCUT2D eigenvalue weighted by Crippen LogP contribution is -2.25. The Labute approximate surface area is 284 Å². The fourth-order valence-corrected chi connectivity index (χ4v) is 4.49. The molecule has 0 aliphatic carbocycles. The van der Waals surface area contributed by atoms with E-state index in [9.17, 15) is 22.0 Å². The Morgan fingerprint density at radius 3 is 2.08 bits per heavy atom. The molecule has 3 heterocycles. The molecule has 6 nitrogen and oxygen atoms in total. The number of benzene rings is 1. The summed E-state index contributed by atoms with van der Waals surface area (Å²) >= 11 is 0. The lowest BCUT2D eigenvalue weighted by molar-refractivity contribution is -0.137. The van der Waals surface area contributed by atoms with Gasteiger partial charge in [0.05, 0.1) is 6.20 Å². The first-order valence-electron chi connectivity index (χ1n) is 16.9. The summed E-state index contributed by atoms with van der Waals surface area (Å²) in [5, 5.41) is 6.73. The summed E-state index contributed by atoms with van der Waals surface area (Å²) < 4.78 is 65.5. The first-order chi connectivity index (χ1) is 22.7. The highest BCUT2D eigenvalue weighted by Crippen LogP contribution is 2.39. The molecule has 1 atom stereocenters. The number of aromatic amines is 1. The number of H-pyrrole nitrogens is 1. The van der Waals surface area contributed by atoms with Crippen LogP contribution in [0.4, 0.5) is 27.8 Å². The molecule has 0 bridgehead atoms. The number of hydrogen-bond acceptors (Lipinski definition) is 5. The van der Waals surface area contributed by atoms with Crippen LogP contribution >= 0.6 is 0 Å². The Morgan fingerprint density at radius 1 is 1.02 bits per heavy atom. The van der Waals surface area contributed by atoms with Crippen LogP contribution in [0.5, 0.6) is 0 Å². The Morgan fingerprint density at radius 2 is 1.65 bits per heavy atom. The van der Waals surface area contributed by atoms with Crippen LogP contribution in [-0.4, -0.2) is 45.5 Å². The van der Waals surface area contributed by atoms with Gasteiger partial charge in [0.15, 0.2) is 5.82 Å². The number of nitrogens with zero attached hydrogens (tertiary/aromatic N) is 4. The lowest BCUT2D eigenvalue weighted by Gasteiger charge is -2.22. The number of halogens is 5. The fourth-order valence-electron chi connectivity index (χ4n) is 4.49. The molecular formula is C37H56F5N5O. The van der Waals surface area contributed by atoms with E-state index in [1.165, 1.54) is 32.3 Å². The number of aromatic nitrogens is 4. The summed E-state index contributed by atoms with van der Waals surface area (Å²) in [4.78, 5) is 19.0. The smallest absolute Gasteiger partial charge is 0.355 e. The molecule has 1 fully saturated rings. The SMILES string of the molecule is CC.CC(C)=Cc1ccc(-c2ncc(C(F)(F)F)c(N3CCC(c4cn[nH]c4)C3)n2)cc1C.CC=O.CCCC.CCCC(F)(F)CC. The van der Waals surface area contributed by atoms with Crippen molar-refractivity contribution in [3.63, 3.8) is 0 Å². The number of allylic oxidation sites excluding steroid dienone is 1. The molecule has 1 saturated heterocycles. The number of aldehydes is 1. The average molecular weight is 682 g/mol. The normalized spacial score (nSPS) is 13.7. The molecule has 0 radical (unpaired) electrons. The number of hydrogen-bond donors (Lipinski definition) is 1. The maximum Gasteiger partial charge on any atom is 0.421 e. The summed E-state index contributed by atoms with van der Waals surface area (Å²) in [7, 11) is 0. The zero-order valence-corrected chi connectivity index (χ0v) is 30.4. The van der Waals surface area contributed by atoms with Crippen LogP contribution in [0.3, 0.4) is 0 Å². The van der Waals surface area contributed by atoms with Crippen LogP contribution in [-0.2, 0) is 11.0 Å². The third kappa shape index (κ3) is 15.5. The van der Waals surface area contributed by atoms with Gasteiger partial charge in [0.25, 0.3) is 0 Å². The molecule has 1 aromatic carbocycles. The van der Waals surface area contributed by atoms with E-state index in [-0.39, 0.29) is 24.6 Å². The summed E-state index contributed by atoms with van der Waals surface area (Å²) in [6.07, 6.45) is 6.67. The van der Waals surface area contributed by atoms with Crippen LogP contribution in [0.25, 0.3) is 17.5 Å². The summed E-state index contributed by atoms with van der Waals surface area (Å²) in [5.41, 5.74) is 4.15. The van der Waals surface area contributed by atoms with Gasteiger partial charge in [-0.25, -0.2) is 18.7 Å². The molecule has 1 unspecified atom stereocenters. The van der Waals surface area contributed by atoms with E-state index in [2.05, 4.69) is 40.1 Å².